The lowest BCUT2D eigenvalue weighted by molar-refractivity contribution is -0.139. The van der Waals surface area contributed by atoms with Crippen molar-refractivity contribution < 1.29 is 27.5 Å². The third kappa shape index (κ3) is 5.67. The molecule has 9 heteroatoms. The number of aliphatic carboxylic acids is 1. The summed E-state index contributed by atoms with van der Waals surface area (Å²) in [5, 5.41) is 8.96. The smallest absolute Gasteiger partial charge is 0.416 e. The second kappa shape index (κ2) is 10.3. The lowest BCUT2D eigenvalue weighted by Crippen LogP contribution is -2.25. The van der Waals surface area contributed by atoms with Gasteiger partial charge in [0.1, 0.15) is 6.33 Å². The van der Waals surface area contributed by atoms with Crippen LogP contribution in [0.25, 0.3) is 0 Å². The topological polar surface area (TPSA) is 66.3 Å². The molecule has 1 aliphatic heterocycles. The van der Waals surface area contributed by atoms with Gasteiger partial charge in [-0.3, -0.25) is 4.79 Å². The fraction of sp³-hybridized carbons (Fsp3) is 0.560. The Morgan fingerprint density at radius 2 is 1.71 bits per heavy atom. The molecule has 1 N–H and O–H groups in total. The lowest BCUT2D eigenvalue weighted by Gasteiger charge is -2.28. The second-order valence-corrected chi connectivity index (χ2v) is 9.45. The molecule has 1 aliphatic carbocycles. The minimum Gasteiger partial charge on any atom is -0.481 e. The molecular weight excluding hydrogens is 450 g/mol. The van der Waals surface area contributed by atoms with Crippen molar-refractivity contribution in [3.63, 3.8) is 0 Å². The van der Waals surface area contributed by atoms with Crippen molar-refractivity contribution in [2.45, 2.75) is 70.0 Å². The van der Waals surface area contributed by atoms with E-state index in [2.05, 4.69) is 9.97 Å². The van der Waals surface area contributed by atoms with E-state index in [-0.39, 0.29) is 24.2 Å². The molecule has 1 unspecified atom stereocenters. The molecule has 1 saturated carbocycles. The van der Waals surface area contributed by atoms with Gasteiger partial charge in [-0.2, -0.15) is 13.2 Å². The van der Waals surface area contributed by atoms with E-state index in [1.165, 1.54) is 18.5 Å². The maximum absolute atomic E-state index is 15.4. The van der Waals surface area contributed by atoms with E-state index in [0.717, 1.165) is 50.7 Å². The fourth-order valence-corrected chi connectivity index (χ4v) is 5.34. The maximum atomic E-state index is 15.4. The summed E-state index contributed by atoms with van der Waals surface area (Å²) in [5.74, 6) is -0.350. The quantitative estimate of drug-likeness (QED) is 0.480. The summed E-state index contributed by atoms with van der Waals surface area (Å²) in [6.45, 7) is 0.576. The Morgan fingerprint density at radius 3 is 2.35 bits per heavy atom. The summed E-state index contributed by atoms with van der Waals surface area (Å²) in [6.07, 6.45) is 3.62. The Bertz CT molecular complexity index is 989. The van der Waals surface area contributed by atoms with Crippen LogP contribution >= 0.6 is 0 Å². The average molecular weight is 480 g/mol. The van der Waals surface area contributed by atoms with Crippen molar-refractivity contribution >= 4 is 11.8 Å². The van der Waals surface area contributed by atoms with Gasteiger partial charge in [0.2, 0.25) is 0 Å². The van der Waals surface area contributed by atoms with E-state index in [4.69, 9.17) is 5.11 Å². The molecule has 1 aromatic heterocycles. The van der Waals surface area contributed by atoms with Crippen LogP contribution < -0.4 is 4.90 Å². The number of carboxylic acid groups (broad SMARTS) is 1. The van der Waals surface area contributed by atoms with E-state index < -0.39 is 23.5 Å². The first-order valence-corrected chi connectivity index (χ1v) is 11.9. The van der Waals surface area contributed by atoms with Crippen molar-refractivity contribution in [2.24, 2.45) is 11.8 Å². The molecule has 0 radical (unpaired) electrons. The minimum absolute atomic E-state index is 0.206. The predicted molar refractivity (Wildman–Crippen MR) is 119 cm³/mol. The van der Waals surface area contributed by atoms with Gasteiger partial charge in [0, 0.05) is 13.0 Å². The van der Waals surface area contributed by atoms with Crippen LogP contribution in [0.5, 0.6) is 0 Å². The zero-order valence-electron chi connectivity index (χ0n) is 18.9. The third-order valence-electron chi connectivity index (χ3n) is 7.21. The van der Waals surface area contributed by atoms with Crippen LogP contribution in [0.2, 0.25) is 0 Å². The van der Waals surface area contributed by atoms with Crippen molar-refractivity contribution in [1.82, 2.24) is 9.97 Å². The van der Waals surface area contributed by atoms with Gasteiger partial charge in [-0.05, 0) is 68.1 Å². The SMILES string of the molecule is O=C(O)CC1CCC(CCc2ncnc(N3CCCC3c3ccc(C(F)(F)F)cc3)c2F)CC1. The molecule has 34 heavy (non-hydrogen) atoms. The molecule has 1 saturated heterocycles. The number of nitrogens with zero attached hydrogens (tertiary/aromatic N) is 3. The number of aromatic nitrogens is 2. The first kappa shape index (κ1) is 24.4. The number of carboxylic acids is 1. The number of hydrogen-bond donors (Lipinski definition) is 1. The van der Waals surface area contributed by atoms with Crippen LogP contribution in [-0.4, -0.2) is 27.6 Å². The predicted octanol–water partition coefficient (Wildman–Crippen LogP) is 6.19. The monoisotopic (exact) mass is 479 g/mol. The zero-order valence-corrected chi connectivity index (χ0v) is 18.9. The van der Waals surface area contributed by atoms with E-state index in [9.17, 15) is 18.0 Å². The molecule has 0 bridgehead atoms. The van der Waals surface area contributed by atoms with E-state index >= 15 is 4.39 Å². The molecule has 0 spiro atoms. The zero-order chi connectivity index (χ0) is 24.3. The van der Waals surface area contributed by atoms with Gasteiger partial charge < -0.3 is 10.0 Å². The van der Waals surface area contributed by atoms with Gasteiger partial charge in [0.25, 0.3) is 0 Å². The number of rotatable bonds is 7. The number of aryl methyl sites for hydroxylation is 1. The molecule has 5 nitrogen and oxygen atoms in total. The van der Waals surface area contributed by atoms with Crippen LogP contribution in [0.3, 0.4) is 0 Å². The van der Waals surface area contributed by atoms with Gasteiger partial charge in [-0.25, -0.2) is 14.4 Å². The summed E-state index contributed by atoms with van der Waals surface area (Å²) in [6, 6.07) is 4.83. The van der Waals surface area contributed by atoms with Crippen LogP contribution in [0.1, 0.15) is 74.2 Å². The van der Waals surface area contributed by atoms with Crippen LogP contribution in [0.4, 0.5) is 23.4 Å². The molecule has 1 atom stereocenters. The summed E-state index contributed by atoms with van der Waals surface area (Å²) in [7, 11) is 0. The largest absolute Gasteiger partial charge is 0.481 e. The number of hydrogen-bond acceptors (Lipinski definition) is 4. The number of carbonyl (C=O) groups is 1. The number of halogens is 4. The van der Waals surface area contributed by atoms with Gasteiger partial charge >= 0.3 is 12.1 Å². The average Bonchev–Trinajstić information content (AvgIpc) is 3.28. The second-order valence-electron chi connectivity index (χ2n) is 9.45. The summed E-state index contributed by atoms with van der Waals surface area (Å²) >= 11 is 0. The van der Waals surface area contributed by atoms with E-state index in [1.807, 2.05) is 4.90 Å². The van der Waals surface area contributed by atoms with E-state index in [1.54, 1.807) is 0 Å². The molecule has 2 heterocycles. The Balaban J connectivity index is 1.41. The first-order valence-electron chi connectivity index (χ1n) is 11.9. The van der Waals surface area contributed by atoms with Crippen molar-refractivity contribution in [3.05, 3.63) is 53.2 Å². The third-order valence-corrected chi connectivity index (χ3v) is 7.21. The highest BCUT2D eigenvalue weighted by Crippen LogP contribution is 2.39. The van der Waals surface area contributed by atoms with Crippen molar-refractivity contribution in [3.8, 4) is 0 Å². The number of alkyl halides is 3. The summed E-state index contributed by atoms with van der Waals surface area (Å²) in [4.78, 5) is 21.1. The first-order chi connectivity index (χ1) is 16.2. The molecule has 2 aliphatic rings. The maximum Gasteiger partial charge on any atom is 0.416 e. The van der Waals surface area contributed by atoms with Gasteiger partial charge in [-0.1, -0.05) is 25.0 Å². The highest BCUT2D eigenvalue weighted by Gasteiger charge is 2.33. The molecule has 1 aromatic carbocycles. The Kier molecular flexibility index (Phi) is 7.38. The van der Waals surface area contributed by atoms with Crippen LogP contribution in [-0.2, 0) is 17.4 Å². The molecule has 4 rings (SSSR count). The lowest BCUT2D eigenvalue weighted by atomic mass is 9.78. The molecule has 2 fully saturated rings. The normalized spacial score (nSPS) is 23.3. The van der Waals surface area contributed by atoms with Gasteiger partial charge in [-0.15, -0.1) is 0 Å². The van der Waals surface area contributed by atoms with Crippen LogP contribution in [0.15, 0.2) is 30.6 Å². The summed E-state index contributed by atoms with van der Waals surface area (Å²) in [5.41, 5.74) is 0.368. The van der Waals surface area contributed by atoms with Gasteiger partial charge in [0.15, 0.2) is 11.6 Å². The molecule has 0 amide bonds. The molecular formula is C25H29F4N3O2. The standard InChI is InChI=1S/C25H29F4N3O2/c26-23-20(12-7-16-3-5-17(6-4-16)14-22(33)34)30-15-31-24(23)32-13-1-2-21(32)18-8-10-19(11-9-18)25(27,28)29/h8-11,15-17,21H,1-7,12-14H2,(H,33,34). The summed E-state index contributed by atoms with van der Waals surface area (Å²) < 4.78 is 54.1. The van der Waals surface area contributed by atoms with Crippen LogP contribution in [0, 0.1) is 17.7 Å². The Labute approximate surface area is 196 Å². The number of benzene rings is 1. The molecule has 184 valence electrons. The number of anilines is 1. The highest BCUT2D eigenvalue weighted by molar-refractivity contribution is 5.67. The highest BCUT2D eigenvalue weighted by atomic mass is 19.4. The minimum atomic E-state index is -4.39. The molecule has 2 aromatic rings. The Morgan fingerprint density at radius 1 is 1.03 bits per heavy atom. The van der Waals surface area contributed by atoms with Gasteiger partial charge in [0.05, 0.1) is 17.3 Å². The van der Waals surface area contributed by atoms with Crippen molar-refractivity contribution in [2.75, 3.05) is 11.4 Å². The fourth-order valence-electron chi connectivity index (χ4n) is 5.34. The van der Waals surface area contributed by atoms with Crippen molar-refractivity contribution in [1.29, 1.82) is 0 Å². The Hall–Kier alpha value is -2.71. The van der Waals surface area contributed by atoms with E-state index in [0.29, 0.717) is 36.6 Å².